The van der Waals surface area contributed by atoms with Gasteiger partial charge in [0, 0.05) is 7.05 Å². The lowest BCUT2D eigenvalue weighted by Crippen LogP contribution is -2.25. The number of carbonyl (C=O) groups excluding carboxylic acids is 1. The molecule has 0 unspecified atom stereocenters. The van der Waals surface area contributed by atoms with Crippen LogP contribution in [0.3, 0.4) is 0 Å². The van der Waals surface area contributed by atoms with Gasteiger partial charge in [0.2, 0.25) is 0 Å². The van der Waals surface area contributed by atoms with Crippen molar-refractivity contribution < 1.29 is 14.7 Å². The van der Waals surface area contributed by atoms with E-state index in [-0.39, 0.29) is 18.3 Å². The van der Waals surface area contributed by atoms with Gasteiger partial charge in [0.15, 0.2) is 12.4 Å². The third kappa shape index (κ3) is 2.88. The summed E-state index contributed by atoms with van der Waals surface area (Å²) in [4.78, 5) is 11.0. The molecule has 1 aromatic carbocycles. The summed E-state index contributed by atoms with van der Waals surface area (Å²) in [6.45, 7) is -0.119. The molecule has 0 spiro atoms. The molecule has 1 amide bonds. The van der Waals surface area contributed by atoms with Gasteiger partial charge in [0.05, 0.1) is 5.56 Å². The third-order valence-corrected chi connectivity index (χ3v) is 1.91. The number of amides is 1. The highest BCUT2D eigenvalue weighted by molar-refractivity contribution is 5.99. The number of hydrogen-bond acceptors (Lipinski definition) is 4. The first-order valence-corrected chi connectivity index (χ1v) is 4.59. The van der Waals surface area contributed by atoms with Gasteiger partial charge in [-0.2, -0.15) is 0 Å². The summed E-state index contributed by atoms with van der Waals surface area (Å²) in [6.07, 6.45) is 0. The van der Waals surface area contributed by atoms with Crippen LogP contribution in [-0.2, 0) is 4.79 Å². The van der Waals surface area contributed by atoms with Crippen LogP contribution < -0.4 is 15.8 Å². The predicted molar refractivity (Wildman–Crippen MR) is 58.5 cm³/mol. The van der Waals surface area contributed by atoms with Crippen molar-refractivity contribution in [1.82, 2.24) is 5.32 Å². The van der Waals surface area contributed by atoms with E-state index >= 15 is 0 Å². The van der Waals surface area contributed by atoms with E-state index in [0.29, 0.717) is 11.3 Å². The maximum Gasteiger partial charge on any atom is 0.257 e. The van der Waals surface area contributed by atoms with E-state index in [1.54, 1.807) is 24.3 Å². The summed E-state index contributed by atoms with van der Waals surface area (Å²) in [5, 5.41) is 13.9. The molecule has 0 atom stereocenters. The Morgan fingerprint density at radius 1 is 1.56 bits per heavy atom. The predicted octanol–water partition coefficient (Wildman–Crippen LogP) is -0.0941. The molecule has 0 saturated heterocycles. The molecule has 16 heavy (non-hydrogen) atoms. The van der Waals surface area contributed by atoms with Gasteiger partial charge < -0.3 is 21.0 Å². The van der Waals surface area contributed by atoms with Crippen molar-refractivity contribution in [2.75, 3.05) is 13.7 Å². The topological polar surface area (TPSA) is 96.9 Å². The van der Waals surface area contributed by atoms with E-state index in [1.807, 2.05) is 0 Å². The summed E-state index contributed by atoms with van der Waals surface area (Å²) in [5.41, 5.74) is 5.89. The average molecular weight is 223 g/mol. The van der Waals surface area contributed by atoms with E-state index in [2.05, 4.69) is 10.5 Å². The van der Waals surface area contributed by atoms with Gasteiger partial charge in [-0.15, -0.1) is 0 Å². The lowest BCUT2D eigenvalue weighted by molar-refractivity contribution is -0.122. The molecule has 0 heterocycles. The minimum Gasteiger partial charge on any atom is -0.483 e. The lowest BCUT2D eigenvalue weighted by atomic mass is 10.2. The Hall–Kier alpha value is -2.24. The highest BCUT2D eigenvalue weighted by atomic mass is 16.5. The molecule has 4 N–H and O–H groups in total. The van der Waals surface area contributed by atoms with Crippen LogP contribution in [0.1, 0.15) is 5.56 Å². The molecular formula is C10H13N3O3. The van der Waals surface area contributed by atoms with Gasteiger partial charge in [-0.3, -0.25) is 4.79 Å². The summed E-state index contributed by atoms with van der Waals surface area (Å²) in [6, 6.07) is 6.72. The minimum atomic E-state index is -0.255. The fraction of sp³-hybridized carbons (Fsp3) is 0.200. The molecule has 0 aliphatic carbocycles. The monoisotopic (exact) mass is 223 g/mol. The van der Waals surface area contributed by atoms with E-state index in [0.717, 1.165) is 0 Å². The number of likely N-dealkylation sites (N-methyl/N-ethyl adjacent to an activating group) is 1. The zero-order valence-corrected chi connectivity index (χ0v) is 8.80. The highest BCUT2D eigenvalue weighted by Crippen LogP contribution is 2.17. The molecule has 86 valence electrons. The second-order valence-electron chi connectivity index (χ2n) is 2.94. The normalized spacial score (nSPS) is 10.9. The number of hydrogen-bond donors (Lipinski definition) is 3. The van der Waals surface area contributed by atoms with Crippen LogP contribution in [-0.4, -0.2) is 30.6 Å². The molecule has 0 aromatic heterocycles. The van der Waals surface area contributed by atoms with Crippen molar-refractivity contribution in [3.05, 3.63) is 29.8 Å². The van der Waals surface area contributed by atoms with Crippen molar-refractivity contribution in [2.24, 2.45) is 10.9 Å². The van der Waals surface area contributed by atoms with Gasteiger partial charge in [-0.25, -0.2) is 0 Å². The molecule has 1 aromatic rings. The van der Waals surface area contributed by atoms with E-state index in [1.165, 1.54) is 7.05 Å². The molecule has 6 nitrogen and oxygen atoms in total. The van der Waals surface area contributed by atoms with Gasteiger partial charge in [0.1, 0.15) is 5.75 Å². The van der Waals surface area contributed by atoms with Crippen LogP contribution in [0.2, 0.25) is 0 Å². The van der Waals surface area contributed by atoms with Crippen LogP contribution in [0.4, 0.5) is 0 Å². The summed E-state index contributed by atoms with van der Waals surface area (Å²) in [5.74, 6) is 0.0724. The first-order valence-electron chi connectivity index (χ1n) is 4.59. The molecule has 0 bridgehead atoms. The first kappa shape index (κ1) is 11.8. The SMILES string of the molecule is CNC(=O)COc1ccccc1/C(N)=N/O. The van der Waals surface area contributed by atoms with Gasteiger partial charge >= 0.3 is 0 Å². The molecule has 0 aliphatic rings. The number of oxime groups is 1. The average Bonchev–Trinajstić information content (AvgIpc) is 2.35. The second kappa shape index (κ2) is 5.59. The van der Waals surface area contributed by atoms with Crippen LogP contribution in [0.25, 0.3) is 0 Å². The van der Waals surface area contributed by atoms with Crippen LogP contribution in [0.5, 0.6) is 5.75 Å². The Kier molecular flexibility index (Phi) is 4.14. The zero-order chi connectivity index (χ0) is 12.0. The Morgan fingerprint density at radius 3 is 2.88 bits per heavy atom. The molecule has 0 fully saturated rings. The summed E-state index contributed by atoms with van der Waals surface area (Å²) < 4.78 is 5.23. The van der Waals surface area contributed by atoms with E-state index < -0.39 is 0 Å². The van der Waals surface area contributed by atoms with Crippen molar-refractivity contribution in [3.8, 4) is 5.75 Å². The van der Waals surface area contributed by atoms with Gasteiger partial charge in [0.25, 0.3) is 5.91 Å². The molecule has 1 rings (SSSR count). The zero-order valence-electron chi connectivity index (χ0n) is 8.80. The van der Waals surface area contributed by atoms with Gasteiger partial charge in [-0.1, -0.05) is 17.3 Å². The largest absolute Gasteiger partial charge is 0.483 e. The van der Waals surface area contributed by atoms with Gasteiger partial charge in [-0.05, 0) is 12.1 Å². The summed E-state index contributed by atoms with van der Waals surface area (Å²) >= 11 is 0. The number of nitrogens with zero attached hydrogens (tertiary/aromatic N) is 1. The van der Waals surface area contributed by atoms with Crippen LogP contribution in [0.15, 0.2) is 29.4 Å². The van der Waals surface area contributed by atoms with Crippen LogP contribution in [0, 0.1) is 0 Å². The smallest absolute Gasteiger partial charge is 0.257 e. The number of nitrogens with two attached hydrogens (primary N) is 1. The number of benzene rings is 1. The molecule has 0 radical (unpaired) electrons. The maximum absolute atomic E-state index is 11.0. The minimum absolute atomic E-state index is 0.0625. The Balaban J connectivity index is 2.83. The summed E-state index contributed by atoms with van der Waals surface area (Å²) in [7, 11) is 1.52. The maximum atomic E-state index is 11.0. The van der Waals surface area contributed by atoms with E-state index in [9.17, 15) is 4.79 Å². The number of para-hydroxylation sites is 1. The van der Waals surface area contributed by atoms with E-state index in [4.69, 9.17) is 15.7 Å². The van der Waals surface area contributed by atoms with Crippen molar-refractivity contribution in [2.45, 2.75) is 0 Å². The Bertz CT molecular complexity index is 404. The molecule has 0 aliphatic heterocycles. The highest BCUT2D eigenvalue weighted by Gasteiger charge is 2.08. The number of amidine groups is 1. The molecule has 6 heteroatoms. The fourth-order valence-electron chi connectivity index (χ4n) is 1.07. The lowest BCUT2D eigenvalue weighted by Gasteiger charge is -2.09. The molecule has 0 saturated carbocycles. The number of rotatable bonds is 4. The second-order valence-corrected chi connectivity index (χ2v) is 2.94. The Labute approximate surface area is 92.7 Å². The van der Waals surface area contributed by atoms with Crippen molar-refractivity contribution in [3.63, 3.8) is 0 Å². The van der Waals surface area contributed by atoms with Crippen molar-refractivity contribution >= 4 is 11.7 Å². The fourth-order valence-corrected chi connectivity index (χ4v) is 1.07. The quantitative estimate of drug-likeness (QED) is 0.287. The first-order chi connectivity index (χ1) is 7.69. The third-order valence-electron chi connectivity index (χ3n) is 1.91. The standard InChI is InChI=1S/C10H13N3O3/c1-12-9(14)6-16-8-5-3-2-4-7(8)10(11)13-15/h2-5,15H,6H2,1H3,(H2,11,13)(H,12,14). The molecular weight excluding hydrogens is 210 g/mol. The number of ether oxygens (including phenoxy) is 1. The number of carbonyl (C=O) groups is 1. The van der Waals surface area contributed by atoms with Crippen LogP contribution >= 0.6 is 0 Å². The number of nitrogens with one attached hydrogen (secondary N) is 1. The van der Waals surface area contributed by atoms with Crippen molar-refractivity contribution in [1.29, 1.82) is 0 Å². The Morgan fingerprint density at radius 2 is 2.25 bits per heavy atom.